The highest BCUT2D eigenvalue weighted by Crippen LogP contribution is 2.27. The SMILES string of the molecule is CCNC(Cc1ccc(Br)cc1)c1cc(C)ccc1Br. The van der Waals surface area contributed by atoms with Crippen LogP contribution in [0.3, 0.4) is 0 Å². The molecular formula is C17H19Br2N. The van der Waals surface area contributed by atoms with Crippen molar-refractivity contribution < 1.29 is 0 Å². The number of hydrogen-bond acceptors (Lipinski definition) is 1. The molecule has 2 aromatic rings. The van der Waals surface area contributed by atoms with Gasteiger partial charge in [0.1, 0.15) is 0 Å². The molecule has 0 saturated heterocycles. The molecule has 1 N–H and O–H groups in total. The van der Waals surface area contributed by atoms with Crippen LogP contribution < -0.4 is 5.32 Å². The van der Waals surface area contributed by atoms with Crippen molar-refractivity contribution in [1.82, 2.24) is 5.32 Å². The van der Waals surface area contributed by atoms with E-state index < -0.39 is 0 Å². The highest BCUT2D eigenvalue weighted by Gasteiger charge is 2.14. The lowest BCUT2D eigenvalue weighted by atomic mass is 9.97. The van der Waals surface area contributed by atoms with Gasteiger partial charge >= 0.3 is 0 Å². The van der Waals surface area contributed by atoms with Crippen LogP contribution in [0, 0.1) is 6.92 Å². The first-order chi connectivity index (χ1) is 9.60. The molecule has 20 heavy (non-hydrogen) atoms. The topological polar surface area (TPSA) is 12.0 Å². The highest BCUT2D eigenvalue weighted by molar-refractivity contribution is 9.10. The summed E-state index contributed by atoms with van der Waals surface area (Å²) in [6.07, 6.45) is 0.989. The number of rotatable bonds is 5. The van der Waals surface area contributed by atoms with Crippen LogP contribution in [0.15, 0.2) is 51.4 Å². The Morgan fingerprint density at radius 3 is 2.40 bits per heavy atom. The lowest BCUT2D eigenvalue weighted by molar-refractivity contribution is 0.547. The summed E-state index contributed by atoms with van der Waals surface area (Å²) in [6, 6.07) is 15.4. The van der Waals surface area contributed by atoms with Crippen molar-refractivity contribution in [3.63, 3.8) is 0 Å². The summed E-state index contributed by atoms with van der Waals surface area (Å²) in [6.45, 7) is 5.25. The van der Waals surface area contributed by atoms with Crippen molar-refractivity contribution in [2.45, 2.75) is 26.3 Å². The minimum atomic E-state index is 0.329. The van der Waals surface area contributed by atoms with Crippen LogP contribution in [-0.2, 0) is 6.42 Å². The van der Waals surface area contributed by atoms with E-state index in [0.29, 0.717) is 6.04 Å². The van der Waals surface area contributed by atoms with E-state index in [1.54, 1.807) is 0 Å². The Morgan fingerprint density at radius 1 is 1.05 bits per heavy atom. The average molecular weight is 397 g/mol. The van der Waals surface area contributed by atoms with Crippen molar-refractivity contribution in [1.29, 1.82) is 0 Å². The van der Waals surface area contributed by atoms with Crippen molar-refractivity contribution >= 4 is 31.9 Å². The first-order valence-electron chi connectivity index (χ1n) is 6.84. The monoisotopic (exact) mass is 395 g/mol. The minimum absolute atomic E-state index is 0.329. The molecule has 0 spiro atoms. The third-order valence-electron chi connectivity index (χ3n) is 3.33. The van der Waals surface area contributed by atoms with Crippen molar-refractivity contribution in [2.24, 2.45) is 0 Å². The molecule has 0 aliphatic carbocycles. The third-order valence-corrected chi connectivity index (χ3v) is 4.58. The van der Waals surface area contributed by atoms with Crippen molar-refractivity contribution in [3.8, 4) is 0 Å². The highest BCUT2D eigenvalue weighted by atomic mass is 79.9. The summed E-state index contributed by atoms with van der Waals surface area (Å²) in [5, 5.41) is 3.59. The number of halogens is 2. The Hall–Kier alpha value is -0.640. The fourth-order valence-electron chi connectivity index (χ4n) is 2.32. The van der Waals surface area contributed by atoms with Gasteiger partial charge in [-0.05, 0) is 49.2 Å². The normalized spacial score (nSPS) is 12.4. The molecule has 0 aromatic heterocycles. The average Bonchev–Trinajstić information content (AvgIpc) is 2.43. The van der Waals surface area contributed by atoms with Crippen LogP contribution in [0.5, 0.6) is 0 Å². The van der Waals surface area contributed by atoms with Crippen LogP contribution in [0.25, 0.3) is 0 Å². The number of nitrogens with one attached hydrogen (secondary N) is 1. The Morgan fingerprint density at radius 2 is 1.75 bits per heavy atom. The van der Waals surface area contributed by atoms with Gasteiger partial charge in [0.05, 0.1) is 0 Å². The second-order valence-corrected chi connectivity index (χ2v) is 6.74. The Labute approximate surface area is 138 Å². The standard InChI is InChI=1S/C17H19Br2N/c1-3-20-17(11-13-5-7-14(18)8-6-13)15-10-12(2)4-9-16(15)19/h4-10,17,20H,3,11H2,1-2H3. The smallest absolute Gasteiger partial charge is 0.0372 e. The molecule has 0 radical (unpaired) electrons. The second-order valence-electron chi connectivity index (χ2n) is 4.97. The van der Waals surface area contributed by atoms with Gasteiger partial charge in [-0.15, -0.1) is 0 Å². The van der Waals surface area contributed by atoms with E-state index >= 15 is 0 Å². The molecule has 0 aliphatic rings. The Bertz CT molecular complexity index is 564. The predicted octanol–water partition coefficient (Wildman–Crippen LogP) is 5.41. The first-order valence-corrected chi connectivity index (χ1v) is 8.42. The van der Waals surface area contributed by atoms with E-state index in [2.05, 4.69) is 93.5 Å². The quantitative estimate of drug-likeness (QED) is 0.711. The summed E-state index contributed by atoms with van der Waals surface area (Å²) < 4.78 is 2.30. The molecule has 2 rings (SSSR count). The molecule has 0 amide bonds. The summed E-state index contributed by atoms with van der Waals surface area (Å²) in [5.74, 6) is 0. The van der Waals surface area contributed by atoms with Gasteiger partial charge in [-0.25, -0.2) is 0 Å². The first kappa shape index (κ1) is 15.7. The zero-order chi connectivity index (χ0) is 14.5. The van der Waals surface area contributed by atoms with Gasteiger partial charge in [-0.3, -0.25) is 0 Å². The molecule has 1 atom stereocenters. The Balaban J connectivity index is 2.26. The zero-order valence-corrected chi connectivity index (χ0v) is 15.0. The lowest BCUT2D eigenvalue weighted by Crippen LogP contribution is -2.23. The molecule has 0 aliphatic heterocycles. The van der Waals surface area contributed by atoms with Crippen LogP contribution in [0.4, 0.5) is 0 Å². The van der Waals surface area contributed by atoms with Crippen LogP contribution in [-0.4, -0.2) is 6.54 Å². The van der Waals surface area contributed by atoms with Crippen LogP contribution in [0.1, 0.15) is 29.7 Å². The molecule has 2 aromatic carbocycles. The van der Waals surface area contributed by atoms with Crippen LogP contribution in [0.2, 0.25) is 0 Å². The number of likely N-dealkylation sites (N-methyl/N-ethyl adjacent to an activating group) is 1. The summed E-state index contributed by atoms with van der Waals surface area (Å²) in [4.78, 5) is 0. The van der Waals surface area contributed by atoms with Gasteiger partial charge in [0.2, 0.25) is 0 Å². The van der Waals surface area contributed by atoms with E-state index in [1.807, 2.05) is 0 Å². The van der Waals surface area contributed by atoms with Crippen molar-refractivity contribution in [2.75, 3.05) is 6.54 Å². The molecule has 0 fully saturated rings. The number of aryl methyl sites for hydroxylation is 1. The van der Waals surface area contributed by atoms with E-state index in [4.69, 9.17) is 0 Å². The number of hydrogen-bond donors (Lipinski definition) is 1. The second kappa shape index (κ2) is 7.39. The molecular weight excluding hydrogens is 378 g/mol. The lowest BCUT2D eigenvalue weighted by Gasteiger charge is -2.20. The summed E-state index contributed by atoms with van der Waals surface area (Å²) >= 11 is 7.16. The maximum absolute atomic E-state index is 3.68. The third kappa shape index (κ3) is 4.18. The van der Waals surface area contributed by atoms with Gasteiger partial charge in [0.25, 0.3) is 0 Å². The molecule has 0 heterocycles. The fraction of sp³-hybridized carbons (Fsp3) is 0.294. The molecule has 1 unspecified atom stereocenters. The fourth-order valence-corrected chi connectivity index (χ4v) is 3.11. The zero-order valence-electron chi connectivity index (χ0n) is 11.8. The summed E-state index contributed by atoms with van der Waals surface area (Å²) in [7, 11) is 0. The van der Waals surface area contributed by atoms with Gasteiger partial charge < -0.3 is 5.32 Å². The summed E-state index contributed by atoms with van der Waals surface area (Å²) in [5.41, 5.74) is 3.96. The molecule has 0 bridgehead atoms. The van der Waals surface area contributed by atoms with Gasteiger partial charge in [-0.1, -0.05) is 68.6 Å². The molecule has 106 valence electrons. The maximum Gasteiger partial charge on any atom is 0.0372 e. The van der Waals surface area contributed by atoms with Gasteiger partial charge in [0, 0.05) is 15.0 Å². The largest absolute Gasteiger partial charge is 0.310 e. The predicted molar refractivity (Wildman–Crippen MR) is 93.1 cm³/mol. The van der Waals surface area contributed by atoms with E-state index in [9.17, 15) is 0 Å². The Kier molecular flexibility index (Phi) is 5.82. The number of benzene rings is 2. The molecule has 1 nitrogen and oxygen atoms in total. The van der Waals surface area contributed by atoms with Gasteiger partial charge in [0.15, 0.2) is 0 Å². The molecule has 3 heteroatoms. The van der Waals surface area contributed by atoms with E-state index in [0.717, 1.165) is 17.4 Å². The molecule has 0 saturated carbocycles. The van der Waals surface area contributed by atoms with Crippen molar-refractivity contribution in [3.05, 3.63) is 68.1 Å². The van der Waals surface area contributed by atoms with E-state index in [1.165, 1.54) is 21.2 Å². The van der Waals surface area contributed by atoms with Gasteiger partial charge in [-0.2, -0.15) is 0 Å². The van der Waals surface area contributed by atoms with Crippen LogP contribution >= 0.6 is 31.9 Å². The minimum Gasteiger partial charge on any atom is -0.310 e. The maximum atomic E-state index is 3.68. The van der Waals surface area contributed by atoms with E-state index in [-0.39, 0.29) is 0 Å².